The van der Waals surface area contributed by atoms with Gasteiger partial charge in [0.1, 0.15) is 11.6 Å². The third kappa shape index (κ3) is 4.00. The molecule has 0 aliphatic carbocycles. The molecule has 3 rings (SSSR count). The summed E-state index contributed by atoms with van der Waals surface area (Å²) in [6, 6.07) is 8.11. The van der Waals surface area contributed by atoms with Gasteiger partial charge in [-0.25, -0.2) is 9.67 Å². The molecular weight excluding hydrogens is 314 g/mol. The van der Waals surface area contributed by atoms with E-state index < -0.39 is 0 Å². The van der Waals surface area contributed by atoms with Crippen LogP contribution in [0, 0.1) is 5.92 Å². The van der Waals surface area contributed by atoms with Crippen LogP contribution in [0.1, 0.15) is 45.6 Å². The Hall–Kier alpha value is -2.37. The van der Waals surface area contributed by atoms with Crippen molar-refractivity contribution in [3.8, 4) is 0 Å². The zero-order chi connectivity index (χ0) is 17.6. The van der Waals surface area contributed by atoms with E-state index in [-0.39, 0.29) is 11.8 Å². The number of nitrogens with one attached hydrogen (secondary N) is 1. The maximum absolute atomic E-state index is 12.8. The van der Waals surface area contributed by atoms with Crippen LogP contribution in [0.25, 0.3) is 0 Å². The second-order valence-electron chi connectivity index (χ2n) is 6.59. The van der Waals surface area contributed by atoms with Gasteiger partial charge < -0.3 is 10.2 Å². The zero-order valence-electron chi connectivity index (χ0n) is 15.1. The lowest BCUT2D eigenvalue weighted by Crippen LogP contribution is -2.41. The number of rotatable bonds is 6. The molecular formula is C19H27N5O. The van der Waals surface area contributed by atoms with Crippen molar-refractivity contribution in [1.29, 1.82) is 0 Å². The van der Waals surface area contributed by atoms with Crippen molar-refractivity contribution in [2.45, 2.75) is 45.6 Å². The van der Waals surface area contributed by atoms with E-state index in [0.29, 0.717) is 12.6 Å². The molecule has 0 saturated carbocycles. The molecule has 1 fully saturated rings. The van der Waals surface area contributed by atoms with Gasteiger partial charge >= 0.3 is 0 Å². The van der Waals surface area contributed by atoms with Crippen LogP contribution in [0.5, 0.6) is 0 Å². The first kappa shape index (κ1) is 17.5. The van der Waals surface area contributed by atoms with E-state index in [4.69, 9.17) is 0 Å². The van der Waals surface area contributed by atoms with Gasteiger partial charge in [-0.2, -0.15) is 5.10 Å². The van der Waals surface area contributed by atoms with Crippen molar-refractivity contribution >= 4 is 17.5 Å². The number of carbonyl (C=O) groups excluding carboxylic acids is 1. The quantitative estimate of drug-likeness (QED) is 0.873. The molecule has 1 aliphatic rings. The van der Waals surface area contributed by atoms with Crippen molar-refractivity contribution in [3.05, 3.63) is 36.7 Å². The minimum atomic E-state index is -0.0270. The monoisotopic (exact) mass is 341 g/mol. The Morgan fingerprint density at radius 2 is 2.12 bits per heavy atom. The number of aromatic nitrogens is 3. The summed E-state index contributed by atoms with van der Waals surface area (Å²) >= 11 is 0. The second kappa shape index (κ2) is 8.14. The molecule has 0 spiro atoms. The highest BCUT2D eigenvalue weighted by molar-refractivity contribution is 5.92. The number of hydrogen-bond donors (Lipinski definition) is 1. The van der Waals surface area contributed by atoms with Crippen molar-refractivity contribution in [1.82, 2.24) is 14.8 Å². The van der Waals surface area contributed by atoms with Crippen LogP contribution in [0.2, 0.25) is 0 Å². The topological polar surface area (TPSA) is 63.1 Å². The zero-order valence-corrected chi connectivity index (χ0v) is 15.1. The molecule has 1 amide bonds. The van der Waals surface area contributed by atoms with Crippen LogP contribution in [0.4, 0.5) is 11.6 Å². The highest BCUT2D eigenvalue weighted by atomic mass is 16.2. The van der Waals surface area contributed by atoms with Crippen LogP contribution in [0.15, 0.2) is 36.7 Å². The van der Waals surface area contributed by atoms with Gasteiger partial charge in [0.05, 0.1) is 18.2 Å². The van der Waals surface area contributed by atoms with E-state index in [2.05, 4.69) is 34.1 Å². The van der Waals surface area contributed by atoms with Crippen molar-refractivity contribution in [2.24, 2.45) is 5.92 Å². The Bertz CT molecular complexity index is 680. The standard InChI is InChI=1S/C19H27N5O/c1-3-16(4-2)24-18(10-12-21-24)22-19(25)15-8-7-13-23(14-15)17-9-5-6-11-20-17/h5-6,9-12,15-16H,3-4,7-8,13-14H2,1-2H3,(H,22,25). The summed E-state index contributed by atoms with van der Waals surface area (Å²) in [7, 11) is 0. The summed E-state index contributed by atoms with van der Waals surface area (Å²) in [6.45, 7) is 5.95. The Labute approximate surface area is 149 Å². The van der Waals surface area contributed by atoms with E-state index in [1.807, 2.05) is 28.9 Å². The molecule has 2 aromatic rings. The minimum Gasteiger partial charge on any atom is -0.356 e. The number of nitrogens with zero attached hydrogens (tertiary/aromatic N) is 4. The normalized spacial score (nSPS) is 17.7. The Kier molecular flexibility index (Phi) is 5.68. The predicted molar refractivity (Wildman–Crippen MR) is 99.6 cm³/mol. The van der Waals surface area contributed by atoms with Gasteiger partial charge in [0.2, 0.25) is 5.91 Å². The van der Waals surface area contributed by atoms with Crippen LogP contribution >= 0.6 is 0 Å². The fourth-order valence-electron chi connectivity index (χ4n) is 3.51. The summed E-state index contributed by atoms with van der Waals surface area (Å²) in [4.78, 5) is 19.4. The first-order chi connectivity index (χ1) is 12.2. The molecule has 0 radical (unpaired) electrons. The first-order valence-electron chi connectivity index (χ1n) is 9.23. The molecule has 6 nitrogen and oxygen atoms in total. The number of anilines is 2. The third-order valence-corrected chi connectivity index (χ3v) is 4.98. The Morgan fingerprint density at radius 1 is 1.28 bits per heavy atom. The SMILES string of the molecule is CCC(CC)n1nccc1NC(=O)C1CCCN(c2ccccn2)C1. The van der Waals surface area contributed by atoms with Crippen LogP contribution in [0.3, 0.4) is 0 Å². The van der Waals surface area contributed by atoms with Crippen LogP contribution in [-0.2, 0) is 4.79 Å². The Morgan fingerprint density at radius 3 is 2.84 bits per heavy atom. The lowest BCUT2D eigenvalue weighted by molar-refractivity contribution is -0.120. The second-order valence-corrected chi connectivity index (χ2v) is 6.59. The van der Waals surface area contributed by atoms with Gasteiger partial charge in [-0.15, -0.1) is 0 Å². The van der Waals surface area contributed by atoms with Crippen molar-refractivity contribution in [2.75, 3.05) is 23.3 Å². The van der Waals surface area contributed by atoms with E-state index >= 15 is 0 Å². The van der Waals surface area contributed by atoms with Gasteiger partial charge in [-0.1, -0.05) is 19.9 Å². The molecule has 1 atom stereocenters. The average Bonchev–Trinajstić information content (AvgIpc) is 3.11. The molecule has 6 heteroatoms. The highest BCUT2D eigenvalue weighted by Crippen LogP contribution is 2.24. The van der Waals surface area contributed by atoms with Gasteiger partial charge in [0, 0.05) is 25.4 Å². The number of carbonyl (C=O) groups is 1. The summed E-state index contributed by atoms with van der Waals surface area (Å²) in [6.07, 6.45) is 7.47. The average molecular weight is 341 g/mol. The number of hydrogen-bond acceptors (Lipinski definition) is 4. The maximum atomic E-state index is 12.8. The predicted octanol–water partition coefficient (Wildman–Crippen LogP) is 3.49. The van der Waals surface area contributed by atoms with Crippen molar-refractivity contribution < 1.29 is 4.79 Å². The smallest absolute Gasteiger partial charge is 0.230 e. The molecule has 3 heterocycles. The van der Waals surface area contributed by atoms with Crippen LogP contribution < -0.4 is 10.2 Å². The molecule has 25 heavy (non-hydrogen) atoms. The molecule has 2 aromatic heterocycles. The van der Waals surface area contributed by atoms with Crippen molar-refractivity contribution in [3.63, 3.8) is 0 Å². The first-order valence-corrected chi connectivity index (χ1v) is 9.23. The summed E-state index contributed by atoms with van der Waals surface area (Å²) < 4.78 is 1.94. The van der Waals surface area contributed by atoms with Gasteiger partial charge in [0.25, 0.3) is 0 Å². The number of amides is 1. The van der Waals surface area contributed by atoms with E-state index in [0.717, 1.165) is 43.9 Å². The molecule has 134 valence electrons. The van der Waals surface area contributed by atoms with Gasteiger partial charge in [-0.3, -0.25) is 4.79 Å². The summed E-state index contributed by atoms with van der Waals surface area (Å²) in [5, 5.41) is 7.50. The molecule has 0 bridgehead atoms. The third-order valence-electron chi connectivity index (χ3n) is 4.98. The maximum Gasteiger partial charge on any atom is 0.230 e. The van der Waals surface area contributed by atoms with Gasteiger partial charge in [-0.05, 0) is 37.8 Å². The van der Waals surface area contributed by atoms with E-state index in [1.54, 1.807) is 12.4 Å². The Balaban J connectivity index is 1.66. The van der Waals surface area contributed by atoms with Crippen LogP contribution in [-0.4, -0.2) is 33.8 Å². The molecule has 1 saturated heterocycles. The van der Waals surface area contributed by atoms with Gasteiger partial charge in [0.15, 0.2) is 0 Å². The summed E-state index contributed by atoms with van der Waals surface area (Å²) in [5.74, 6) is 1.80. The van der Waals surface area contributed by atoms with E-state index in [1.165, 1.54) is 0 Å². The number of piperidine rings is 1. The fourth-order valence-corrected chi connectivity index (χ4v) is 3.51. The summed E-state index contributed by atoms with van der Waals surface area (Å²) in [5.41, 5.74) is 0. The lowest BCUT2D eigenvalue weighted by atomic mass is 9.97. The van der Waals surface area contributed by atoms with E-state index in [9.17, 15) is 4.79 Å². The molecule has 1 unspecified atom stereocenters. The largest absolute Gasteiger partial charge is 0.356 e. The minimum absolute atomic E-state index is 0.0270. The lowest BCUT2D eigenvalue weighted by Gasteiger charge is -2.32. The molecule has 1 N–H and O–H groups in total. The fraction of sp³-hybridized carbons (Fsp3) is 0.526. The molecule has 1 aliphatic heterocycles. The number of pyridine rings is 1. The molecule has 0 aromatic carbocycles. The highest BCUT2D eigenvalue weighted by Gasteiger charge is 2.27.